The summed E-state index contributed by atoms with van der Waals surface area (Å²) in [5.41, 5.74) is 4.89. The molecule has 0 saturated heterocycles. The van der Waals surface area contributed by atoms with Crippen molar-refractivity contribution in [2.75, 3.05) is 26.7 Å². The van der Waals surface area contributed by atoms with E-state index in [-0.39, 0.29) is 11.7 Å². The second-order valence-corrected chi connectivity index (χ2v) is 6.91. The van der Waals surface area contributed by atoms with E-state index < -0.39 is 0 Å². The minimum Gasteiger partial charge on any atom is -0.506 e. The fraction of sp³-hybridized carbons (Fsp3) is 0.368. The molecule has 0 radical (unpaired) electrons. The van der Waals surface area contributed by atoms with E-state index in [4.69, 9.17) is 16.3 Å². The Morgan fingerprint density at radius 1 is 1.17 bits per heavy atom. The maximum absolute atomic E-state index is 10.1. The Balaban J connectivity index is 1.88. The van der Waals surface area contributed by atoms with E-state index in [0.717, 1.165) is 38.3 Å². The van der Waals surface area contributed by atoms with Crippen LogP contribution in [0.25, 0.3) is 0 Å². The second-order valence-electron chi connectivity index (χ2n) is 6.50. The van der Waals surface area contributed by atoms with Crippen LogP contribution >= 0.6 is 11.6 Å². The van der Waals surface area contributed by atoms with E-state index >= 15 is 0 Å². The smallest absolute Gasteiger partial charge is 0.134 e. The molecule has 2 aromatic rings. The van der Waals surface area contributed by atoms with Crippen molar-refractivity contribution in [3.8, 4) is 11.5 Å². The average molecular weight is 329 g/mol. The summed E-state index contributed by atoms with van der Waals surface area (Å²) in [6.45, 7) is 2.65. The number of hydrogen-bond acceptors (Lipinski definition) is 3. The van der Waals surface area contributed by atoms with Crippen molar-refractivity contribution in [1.29, 1.82) is 0 Å². The third-order valence-corrected chi connectivity index (χ3v) is 5.26. The molecule has 0 fully saturated rings. The van der Waals surface area contributed by atoms with Crippen molar-refractivity contribution in [2.45, 2.75) is 18.8 Å². The highest BCUT2D eigenvalue weighted by Crippen LogP contribution is 2.42. The molecule has 0 unspecified atom stereocenters. The van der Waals surface area contributed by atoms with E-state index in [1.54, 1.807) is 0 Å². The van der Waals surface area contributed by atoms with Crippen LogP contribution in [0.2, 0.25) is 5.02 Å². The summed E-state index contributed by atoms with van der Waals surface area (Å²) in [6.07, 6.45) is 1.92. The van der Waals surface area contributed by atoms with Crippen molar-refractivity contribution in [3.05, 3.63) is 57.6 Å². The molecule has 1 N–H and O–H groups in total. The van der Waals surface area contributed by atoms with Gasteiger partial charge in [-0.2, -0.15) is 0 Å². The molecule has 2 aliphatic rings. The van der Waals surface area contributed by atoms with Crippen molar-refractivity contribution < 1.29 is 9.84 Å². The van der Waals surface area contributed by atoms with E-state index in [0.29, 0.717) is 5.02 Å². The maximum Gasteiger partial charge on any atom is 0.134 e. The number of phenols is 1. The molecule has 2 aromatic carbocycles. The molecule has 0 bridgehead atoms. The number of aromatic hydroxyl groups is 1. The van der Waals surface area contributed by atoms with Crippen molar-refractivity contribution >= 4 is 11.6 Å². The van der Waals surface area contributed by atoms with Gasteiger partial charge in [0.15, 0.2) is 0 Å². The van der Waals surface area contributed by atoms with Gasteiger partial charge >= 0.3 is 0 Å². The molecule has 0 spiro atoms. The predicted molar refractivity (Wildman–Crippen MR) is 91.8 cm³/mol. The minimum absolute atomic E-state index is 0.161. The standard InChI is InChI=1S/C19H20ClNO2/c1-21-7-5-13-9-17(20)18(22)10-15(13)16(11-21)14-4-2-3-12-6-8-23-19(12)14/h2-4,9-10,16,22H,5-8,11H2,1H3/t16-/m0/s1/i1-1. The van der Waals surface area contributed by atoms with Crippen LogP contribution in [0.3, 0.4) is 0 Å². The second kappa shape index (κ2) is 5.73. The van der Waals surface area contributed by atoms with Crippen molar-refractivity contribution in [2.24, 2.45) is 0 Å². The molecule has 2 aliphatic heterocycles. The SMILES string of the molecule is [11CH3]N1CCc2cc(Cl)c(O)cc2[C@H](c2cccc3c2OCC3)C1. The quantitative estimate of drug-likeness (QED) is 0.868. The van der Waals surface area contributed by atoms with Gasteiger partial charge in [0, 0.05) is 31.0 Å². The largest absolute Gasteiger partial charge is 0.506 e. The normalized spacial score (nSPS) is 20.5. The van der Waals surface area contributed by atoms with Crippen LogP contribution < -0.4 is 4.74 Å². The van der Waals surface area contributed by atoms with Crippen LogP contribution in [-0.4, -0.2) is 36.8 Å². The first kappa shape index (κ1) is 14.9. The molecular weight excluding hydrogens is 309 g/mol. The van der Waals surface area contributed by atoms with Gasteiger partial charge in [-0.1, -0.05) is 29.8 Å². The first-order chi connectivity index (χ1) is 11.1. The zero-order valence-electron chi connectivity index (χ0n) is 13.2. The summed E-state index contributed by atoms with van der Waals surface area (Å²) in [4.78, 5) is 2.34. The molecule has 0 aromatic heterocycles. The van der Waals surface area contributed by atoms with Gasteiger partial charge in [0.25, 0.3) is 0 Å². The summed E-state index contributed by atoms with van der Waals surface area (Å²) < 4.78 is 5.92. The van der Waals surface area contributed by atoms with Gasteiger partial charge in [0.2, 0.25) is 0 Å². The van der Waals surface area contributed by atoms with Crippen LogP contribution in [0.5, 0.6) is 11.5 Å². The fourth-order valence-corrected chi connectivity index (χ4v) is 3.94. The van der Waals surface area contributed by atoms with Crippen LogP contribution in [0.15, 0.2) is 30.3 Å². The molecule has 0 aliphatic carbocycles. The lowest BCUT2D eigenvalue weighted by Gasteiger charge is -2.24. The maximum atomic E-state index is 10.1. The third kappa shape index (κ3) is 2.58. The van der Waals surface area contributed by atoms with Gasteiger partial charge < -0.3 is 14.7 Å². The highest BCUT2D eigenvalue weighted by Gasteiger charge is 2.28. The van der Waals surface area contributed by atoms with E-state index in [1.165, 1.54) is 22.3 Å². The lowest BCUT2D eigenvalue weighted by Crippen LogP contribution is -2.24. The molecule has 0 saturated carbocycles. The van der Waals surface area contributed by atoms with E-state index in [1.807, 2.05) is 12.1 Å². The number of halogens is 1. The van der Waals surface area contributed by atoms with Gasteiger partial charge in [-0.3, -0.25) is 0 Å². The molecule has 3 nitrogen and oxygen atoms in total. The number of benzene rings is 2. The Kier molecular flexibility index (Phi) is 3.70. The number of fused-ring (bicyclic) bond motifs is 2. The van der Waals surface area contributed by atoms with Crippen molar-refractivity contribution in [3.63, 3.8) is 0 Å². The van der Waals surface area contributed by atoms with Gasteiger partial charge in [-0.15, -0.1) is 0 Å². The number of hydrogen-bond donors (Lipinski definition) is 1. The highest BCUT2D eigenvalue weighted by atomic mass is 35.5. The molecule has 120 valence electrons. The Morgan fingerprint density at radius 2 is 2.04 bits per heavy atom. The van der Waals surface area contributed by atoms with Crippen LogP contribution in [0.1, 0.15) is 28.2 Å². The number of phenolic OH excluding ortho intramolecular Hbond substituents is 1. The molecule has 4 heteroatoms. The molecule has 1 atom stereocenters. The van der Waals surface area contributed by atoms with Crippen LogP contribution in [0.4, 0.5) is 0 Å². The van der Waals surface area contributed by atoms with E-state index in [9.17, 15) is 5.11 Å². The Labute approximate surface area is 141 Å². The lowest BCUT2D eigenvalue weighted by molar-refractivity contribution is 0.327. The molecule has 2 heterocycles. The zero-order valence-corrected chi connectivity index (χ0v) is 13.9. The van der Waals surface area contributed by atoms with E-state index in [2.05, 4.69) is 30.1 Å². The predicted octanol–water partition coefficient (Wildman–Crippen LogP) is 3.60. The summed E-state index contributed by atoms with van der Waals surface area (Å²) in [6, 6.07) is 10.2. The Hall–Kier alpha value is -1.71. The first-order valence-corrected chi connectivity index (χ1v) is 8.45. The minimum atomic E-state index is 0.161. The zero-order chi connectivity index (χ0) is 16.0. The monoisotopic (exact) mass is 328 g/mol. The molecule has 23 heavy (non-hydrogen) atoms. The number of nitrogens with zero attached hydrogens (tertiary/aromatic N) is 1. The molecule has 0 amide bonds. The number of ether oxygens (including phenoxy) is 1. The third-order valence-electron chi connectivity index (χ3n) is 4.96. The summed E-state index contributed by atoms with van der Waals surface area (Å²) in [5, 5.41) is 10.5. The summed E-state index contributed by atoms with van der Waals surface area (Å²) in [7, 11) is 2.14. The number of para-hydroxylation sites is 1. The summed E-state index contributed by atoms with van der Waals surface area (Å²) >= 11 is 6.13. The lowest BCUT2D eigenvalue weighted by atomic mass is 9.86. The highest BCUT2D eigenvalue weighted by molar-refractivity contribution is 6.32. The Morgan fingerprint density at radius 3 is 2.91 bits per heavy atom. The van der Waals surface area contributed by atoms with Crippen LogP contribution in [-0.2, 0) is 12.8 Å². The van der Waals surface area contributed by atoms with Crippen LogP contribution in [0, 0.1) is 0 Å². The first-order valence-electron chi connectivity index (χ1n) is 8.08. The molecule has 4 rings (SSSR count). The van der Waals surface area contributed by atoms with Gasteiger partial charge in [0.1, 0.15) is 11.5 Å². The van der Waals surface area contributed by atoms with Gasteiger partial charge in [-0.25, -0.2) is 0 Å². The van der Waals surface area contributed by atoms with Crippen molar-refractivity contribution in [1.82, 2.24) is 4.90 Å². The fourth-order valence-electron chi connectivity index (χ4n) is 3.75. The topological polar surface area (TPSA) is 32.7 Å². The average Bonchev–Trinajstić information content (AvgIpc) is 2.96. The Bertz CT molecular complexity index is 759. The summed E-state index contributed by atoms with van der Waals surface area (Å²) in [5.74, 6) is 1.38. The van der Waals surface area contributed by atoms with Gasteiger partial charge in [0.05, 0.1) is 11.6 Å². The van der Waals surface area contributed by atoms with Gasteiger partial charge in [-0.05, 0) is 42.3 Å². The molecular formula is C19H20ClNO2. The number of likely N-dealkylation sites (N-methyl/N-ethyl adjacent to an activating group) is 1. The number of rotatable bonds is 1.